The molecule has 0 radical (unpaired) electrons. The van der Waals surface area contributed by atoms with Gasteiger partial charge in [0, 0.05) is 44.8 Å². The van der Waals surface area contributed by atoms with E-state index in [0.717, 1.165) is 44.5 Å². The van der Waals surface area contributed by atoms with Crippen molar-refractivity contribution >= 4 is 11.8 Å². The lowest BCUT2D eigenvalue weighted by atomic mass is 10.1. The van der Waals surface area contributed by atoms with E-state index in [1.807, 2.05) is 35.2 Å². The summed E-state index contributed by atoms with van der Waals surface area (Å²) in [6.45, 7) is 4.44. The van der Waals surface area contributed by atoms with Gasteiger partial charge in [0.2, 0.25) is 5.91 Å². The molecule has 0 N–H and O–H groups in total. The van der Waals surface area contributed by atoms with Crippen LogP contribution in [0.2, 0.25) is 0 Å². The maximum Gasteiger partial charge on any atom is 0.254 e. The summed E-state index contributed by atoms with van der Waals surface area (Å²) in [5, 5.41) is 0. The molecule has 0 aromatic heterocycles. The first-order chi connectivity index (χ1) is 14.6. The molecule has 2 aliphatic heterocycles. The maximum absolute atomic E-state index is 13.3. The van der Waals surface area contributed by atoms with Gasteiger partial charge in [-0.25, -0.2) is 4.39 Å². The molecule has 2 aliphatic rings. The van der Waals surface area contributed by atoms with Gasteiger partial charge in [-0.15, -0.1) is 0 Å². The molecule has 0 saturated carbocycles. The lowest BCUT2D eigenvalue weighted by molar-refractivity contribution is -0.135. The van der Waals surface area contributed by atoms with E-state index >= 15 is 0 Å². The predicted molar refractivity (Wildman–Crippen MR) is 113 cm³/mol. The fraction of sp³-hybridized carbons (Fsp3) is 0.417. The molecular weight excluding hydrogens is 381 g/mol. The second-order valence-corrected chi connectivity index (χ2v) is 8.10. The topological polar surface area (TPSA) is 43.9 Å². The smallest absolute Gasteiger partial charge is 0.254 e. The summed E-state index contributed by atoms with van der Waals surface area (Å²) >= 11 is 0. The first-order valence-corrected chi connectivity index (χ1v) is 10.7. The Labute approximate surface area is 177 Å². The van der Waals surface area contributed by atoms with Crippen LogP contribution in [-0.2, 0) is 11.3 Å². The van der Waals surface area contributed by atoms with Crippen molar-refractivity contribution in [2.45, 2.75) is 31.8 Å². The van der Waals surface area contributed by atoms with Crippen molar-refractivity contribution in [1.82, 2.24) is 14.7 Å². The second kappa shape index (κ2) is 9.39. The predicted octanol–water partition coefficient (Wildman–Crippen LogP) is 3.16. The standard InChI is InChI=1S/C24H28FN3O2/c25-21-11-9-19(10-12-21)18-26-13-5-14-27(17-16-26)24(30)22-8-4-15-28(22)23(29)20-6-2-1-3-7-20/h1-3,6-7,9-12,22H,4-5,8,13-18H2. The van der Waals surface area contributed by atoms with E-state index in [0.29, 0.717) is 25.2 Å². The van der Waals surface area contributed by atoms with Gasteiger partial charge in [-0.2, -0.15) is 0 Å². The van der Waals surface area contributed by atoms with Gasteiger partial charge in [0.05, 0.1) is 0 Å². The third-order valence-electron chi connectivity index (χ3n) is 6.04. The van der Waals surface area contributed by atoms with Crippen LogP contribution in [0.25, 0.3) is 0 Å². The highest BCUT2D eigenvalue weighted by Gasteiger charge is 2.37. The Bertz CT molecular complexity index is 872. The molecule has 2 amide bonds. The van der Waals surface area contributed by atoms with Crippen molar-refractivity contribution in [2.24, 2.45) is 0 Å². The van der Waals surface area contributed by atoms with E-state index in [1.165, 1.54) is 12.1 Å². The number of likely N-dealkylation sites (tertiary alicyclic amines) is 1. The fourth-order valence-corrected chi connectivity index (χ4v) is 4.42. The van der Waals surface area contributed by atoms with Gasteiger partial charge in [-0.1, -0.05) is 30.3 Å². The zero-order chi connectivity index (χ0) is 20.9. The molecule has 6 heteroatoms. The Morgan fingerprint density at radius 1 is 0.867 bits per heavy atom. The van der Waals surface area contributed by atoms with E-state index in [2.05, 4.69) is 4.90 Å². The summed E-state index contributed by atoms with van der Waals surface area (Å²) in [6.07, 6.45) is 2.49. The van der Waals surface area contributed by atoms with Crippen LogP contribution >= 0.6 is 0 Å². The molecule has 0 aliphatic carbocycles. The summed E-state index contributed by atoms with van der Waals surface area (Å²) in [6, 6.07) is 15.4. The number of halogens is 1. The highest BCUT2D eigenvalue weighted by molar-refractivity contribution is 5.97. The largest absolute Gasteiger partial charge is 0.340 e. The molecule has 2 fully saturated rings. The Balaban J connectivity index is 1.37. The number of hydrogen-bond donors (Lipinski definition) is 0. The third-order valence-corrected chi connectivity index (χ3v) is 6.04. The summed E-state index contributed by atoms with van der Waals surface area (Å²) in [7, 11) is 0. The molecular formula is C24H28FN3O2. The second-order valence-electron chi connectivity index (χ2n) is 8.10. The normalized spacial score (nSPS) is 20.2. The summed E-state index contributed by atoms with van der Waals surface area (Å²) in [4.78, 5) is 32.2. The van der Waals surface area contributed by atoms with Gasteiger partial charge in [0.15, 0.2) is 0 Å². The van der Waals surface area contributed by atoms with Gasteiger partial charge in [0.1, 0.15) is 11.9 Å². The molecule has 2 aromatic rings. The van der Waals surface area contributed by atoms with E-state index < -0.39 is 0 Å². The van der Waals surface area contributed by atoms with E-state index in [4.69, 9.17) is 0 Å². The van der Waals surface area contributed by atoms with Crippen molar-refractivity contribution in [3.05, 3.63) is 71.5 Å². The number of carbonyl (C=O) groups excluding carboxylic acids is 2. The SMILES string of the molecule is O=C(C1CCCN1C(=O)c1ccccc1)N1CCCN(Cc2ccc(F)cc2)CC1. The first-order valence-electron chi connectivity index (χ1n) is 10.7. The summed E-state index contributed by atoms with van der Waals surface area (Å²) in [5.41, 5.74) is 1.71. The van der Waals surface area contributed by atoms with Crippen LogP contribution in [0.1, 0.15) is 35.2 Å². The van der Waals surface area contributed by atoms with Crippen LogP contribution < -0.4 is 0 Å². The lowest BCUT2D eigenvalue weighted by Crippen LogP contribution is -2.48. The average molecular weight is 410 g/mol. The molecule has 5 nitrogen and oxygen atoms in total. The molecule has 2 heterocycles. The van der Waals surface area contributed by atoms with Gasteiger partial charge in [-0.3, -0.25) is 14.5 Å². The molecule has 1 unspecified atom stereocenters. The van der Waals surface area contributed by atoms with Gasteiger partial charge in [-0.05, 0) is 49.1 Å². The zero-order valence-corrected chi connectivity index (χ0v) is 17.2. The molecule has 4 rings (SSSR count). The van der Waals surface area contributed by atoms with Gasteiger partial charge < -0.3 is 9.80 Å². The Kier molecular flexibility index (Phi) is 6.43. The molecule has 0 spiro atoms. The monoisotopic (exact) mass is 409 g/mol. The summed E-state index contributed by atoms with van der Waals surface area (Å²) in [5.74, 6) is -0.211. The van der Waals surface area contributed by atoms with E-state index in [9.17, 15) is 14.0 Å². The molecule has 2 saturated heterocycles. The van der Waals surface area contributed by atoms with E-state index in [1.54, 1.807) is 17.0 Å². The molecule has 1 atom stereocenters. The molecule has 158 valence electrons. The third kappa shape index (κ3) is 4.70. The molecule has 0 bridgehead atoms. The minimum atomic E-state index is -0.360. The van der Waals surface area contributed by atoms with Crippen molar-refractivity contribution in [3.63, 3.8) is 0 Å². The number of benzene rings is 2. The minimum absolute atomic E-state index is 0.0563. The van der Waals surface area contributed by atoms with Crippen molar-refractivity contribution < 1.29 is 14.0 Å². The van der Waals surface area contributed by atoms with Crippen LogP contribution in [0.5, 0.6) is 0 Å². The zero-order valence-electron chi connectivity index (χ0n) is 17.2. The van der Waals surface area contributed by atoms with Gasteiger partial charge in [0.25, 0.3) is 5.91 Å². The average Bonchev–Trinajstić information content (AvgIpc) is 3.15. The van der Waals surface area contributed by atoms with Crippen LogP contribution in [0.4, 0.5) is 4.39 Å². The number of nitrogens with zero attached hydrogens (tertiary/aromatic N) is 3. The van der Waals surface area contributed by atoms with Crippen LogP contribution in [0, 0.1) is 5.82 Å². The highest BCUT2D eigenvalue weighted by atomic mass is 19.1. The lowest BCUT2D eigenvalue weighted by Gasteiger charge is -2.30. The van der Waals surface area contributed by atoms with Gasteiger partial charge >= 0.3 is 0 Å². The Morgan fingerprint density at radius 3 is 2.40 bits per heavy atom. The highest BCUT2D eigenvalue weighted by Crippen LogP contribution is 2.23. The molecule has 2 aromatic carbocycles. The van der Waals surface area contributed by atoms with Crippen molar-refractivity contribution in [1.29, 1.82) is 0 Å². The molecule has 30 heavy (non-hydrogen) atoms. The fourth-order valence-electron chi connectivity index (χ4n) is 4.42. The van der Waals surface area contributed by atoms with Crippen LogP contribution in [0.3, 0.4) is 0 Å². The number of amides is 2. The number of rotatable bonds is 4. The first kappa shape index (κ1) is 20.5. The van der Waals surface area contributed by atoms with Crippen LogP contribution in [0.15, 0.2) is 54.6 Å². The Morgan fingerprint density at radius 2 is 1.63 bits per heavy atom. The summed E-state index contributed by atoms with van der Waals surface area (Å²) < 4.78 is 13.1. The number of carbonyl (C=O) groups is 2. The minimum Gasteiger partial charge on any atom is -0.340 e. The van der Waals surface area contributed by atoms with Crippen LogP contribution in [-0.4, -0.2) is 65.3 Å². The quantitative estimate of drug-likeness (QED) is 0.779. The van der Waals surface area contributed by atoms with E-state index in [-0.39, 0.29) is 23.7 Å². The maximum atomic E-state index is 13.3. The number of hydrogen-bond acceptors (Lipinski definition) is 3. The van der Waals surface area contributed by atoms with Crippen molar-refractivity contribution in [3.8, 4) is 0 Å². The Hall–Kier alpha value is -2.73. The van der Waals surface area contributed by atoms with Crippen molar-refractivity contribution in [2.75, 3.05) is 32.7 Å².